The number of carbonyl (C=O) groups excluding carboxylic acids is 1. The summed E-state index contributed by atoms with van der Waals surface area (Å²) in [4.78, 5) is 31.8. The van der Waals surface area contributed by atoms with Crippen LogP contribution in [0, 0.1) is 0 Å². The molecule has 32 heavy (non-hydrogen) atoms. The van der Waals surface area contributed by atoms with Crippen LogP contribution in [0.4, 0.5) is 0 Å². The molecular weight excluding hydrogens is 451 g/mol. The number of aromatic amines is 1. The van der Waals surface area contributed by atoms with Crippen LogP contribution in [-0.2, 0) is 6.42 Å². The number of hydrogen-bond acceptors (Lipinski definition) is 5. The maximum absolute atomic E-state index is 13.1. The number of rotatable bonds is 6. The predicted octanol–water partition coefficient (Wildman–Crippen LogP) is 4.95. The normalized spacial score (nSPS) is 11.3. The lowest BCUT2D eigenvalue weighted by atomic mass is 10.1. The molecule has 7 nitrogen and oxygen atoms in total. The largest absolute Gasteiger partial charge is 0.497 e. The van der Waals surface area contributed by atoms with Gasteiger partial charge in [-0.05, 0) is 35.7 Å². The molecule has 0 saturated heterocycles. The van der Waals surface area contributed by atoms with Gasteiger partial charge in [0, 0.05) is 12.0 Å². The molecule has 0 fully saturated rings. The zero-order chi connectivity index (χ0) is 23.0. The molecule has 0 radical (unpaired) electrons. The second-order valence-electron chi connectivity index (χ2n) is 7.64. The first-order chi connectivity index (χ1) is 15.3. The van der Waals surface area contributed by atoms with Gasteiger partial charge >= 0.3 is 0 Å². The molecule has 4 rings (SSSR count). The predicted molar refractivity (Wildman–Crippen MR) is 125 cm³/mol. The van der Waals surface area contributed by atoms with Crippen LogP contribution in [-0.4, -0.2) is 33.1 Å². The van der Waals surface area contributed by atoms with Gasteiger partial charge in [0.1, 0.15) is 28.9 Å². The third-order valence-corrected chi connectivity index (χ3v) is 5.63. The lowest BCUT2D eigenvalue weighted by Gasteiger charge is -2.10. The summed E-state index contributed by atoms with van der Waals surface area (Å²) in [7, 11) is 1.60. The van der Waals surface area contributed by atoms with Crippen molar-refractivity contribution in [2.75, 3.05) is 7.11 Å². The van der Waals surface area contributed by atoms with E-state index >= 15 is 0 Å². The molecule has 2 heterocycles. The first kappa shape index (κ1) is 22.0. The van der Waals surface area contributed by atoms with Crippen LogP contribution in [0.2, 0.25) is 10.0 Å². The zero-order valence-corrected chi connectivity index (χ0v) is 19.2. The van der Waals surface area contributed by atoms with Gasteiger partial charge in [-0.15, -0.1) is 0 Å². The minimum atomic E-state index is -0.292. The van der Waals surface area contributed by atoms with Gasteiger partial charge < -0.3 is 9.72 Å². The Morgan fingerprint density at radius 1 is 1.19 bits per heavy atom. The summed E-state index contributed by atoms with van der Waals surface area (Å²) in [5, 5.41) is 5.47. The van der Waals surface area contributed by atoms with Crippen LogP contribution in [0.5, 0.6) is 5.75 Å². The van der Waals surface area contributed by atoms with Crippen LogP contribution in [0.25, 0.3) is 16.7 Å². The van der Waals surface area contributed by atoms with Crippen molar-refractivity contribution < 1.29 is 9.53 Å². The van der Waals surface area contributed by atoms with E-state index in [9.17, 15) is 9.59 Å². The summed E-state index contributed by atoms with van der Waals surface area (Å²) in [6.07, 6.45) is 1.05. The monoisotopic (exact) mass is 470 g/mol. The lowest BCUT2D eigenvalue weighted by molar-refractivity contribution is 0.112. The second-order valence-corrected chi connectivity index (χ2v) is 8.46. The summed E-state index contributed by atoms with van der Waals surface area (Å²) in [6.45, 7) is 3.88. The highest BCUT2D eigenvalue weighted by molar-refractivity contribution is 6.38. The molecule has 1 N–H and O–H groups in total. The number of methoxy groups -OCH3 is 1. The number of aldehydes is 1. The number of H-pyrrole nitrogens is 1. The van der Waals surface area contributed by atoms with Gasteiger partial charge in [-0.1, -0.05) is 49.2 Å². The molecule has 0 unspecified atom stereocenters. The molecule has 0 amide bonds. The quantitative estimate of drug-likeness (QED) is 0.402. The number of nitrogens with zero attached hydrogens (tertiary/aromatic N) is 3. The van der Waals surface area contributed by atoms with Gasteiger partial charge in [-0.2, -0.15) is 5.10 Å². The number of hydrogen-bond donors (Lipinski definition) is 1. The number of aromatic nitrogens is 4. The van der Waals surface area contributed by atoms with E-state index in [0.29, 0.717) is 52.3 Å². The van der Waals surface area contributed by atoms with Crippen LogP contribution in [0.15, 0.2) is 41.2 Å². The standard InChI is InChI=1S/C23H20Cl2N4O3/c1-12(2)20-19-22(29(28-20)21-16(24)8-14(11-30)9-17(21)25)26-18(27-23(19)31)10-13-5-4-6-15(7-13)32-3/h4-9,11-12H,10H2,1-3H3,(H,26,27,31). The molecule has 0 aliphatic heterocycles. The second kappa shape index (κ2) is 8.76. The number of carbonyl (C=O) groups is 1. The fraction of sp³-hybridized carbons (Fsp3) is 0.217. The number of nitrogens with one attached hydrogen (secondary N) is 1. The van der Waals surface area contributed by atoms with E-state index in [2.05, 4.69) is 10.1 Å². The molecule has 0 aliphatic carbocycles. The van der Waals surface area contributed by atoms with Crippen molar-refractivity contribution in [2.24, 2.45) is 0 Å². The van der Waals surface area contributed by atoms with Gasteiger partial charge in [0.2, 0.25) is 0 Å². The topological polar surface area (TPSA) is 89.9 Å². The van der Waals surface area contributed by atoms with Gasteiger partial charge in [0.15, 0.2) is 5.65 Å². The molecule has 2 aromatic heterocycles. The lowest BCUT2D eigenvalue weighted by Crippen LogP contribution is -2.14. The van der Waals surface area contributed by atoms with Gasteiger partial charge in [-0.25, -0.2) is 9.67 Å². The first-order valence-electron chi connectivity index (χ1n) is 9.91. The van der Waals surface area contributed by atoms with Crippen molar-refractivity contribution in [3.05, 3.63) is 79.4 Å². The van der Waals surface area contributed by atoms with E-state index in [1.54, 1.807) is 7.11 Å². The fourth-order valence-electron chi connectivity index (χ4n) is 3.57. The van der Waals surface area contributed by atoms with E-state index in [1.165, 1.54) is 16.8 Å². The minimum Gasteiger partial charge on any atom is -0.497 e. The van der Waals surface area contributed by atoms with Crippen molar-refractivity contribution in [1.82, 2.24) is 19.7 Å². The van der Waals surface area contributed by atoms with Gasteiger partial charge in [0.25, 0.3) is 5.56 Å². The Kier molecular flexibility index (Phi) is 6.04. The summed E-state index contributed by atoms with van der Waals surface area (Å²) < 4.78 is 6.76. The number of fused-ring (bicyclic) bond motifs is 1. The third-order valence-electron chi connectivity index (χ3n) is 5.05. The van der Waals surface area contributed by atoms with Crippen LogP contribution < -0.4 is 10.3 Å². The summed E-state index contributed by atoms with van der Waals surface area (Å²) in [6, 6.07) is 10.5. The maximum atomic E-state index is 13.1. The highest BCUT2D eigenvalue weighted by Crippen LogP contribution is 2.33. The Labute approximate surface area is 194 Å². The average Bonchev–Trinajstić information content (AvgIpc) is 3.13. The van der Waals surface area contributed by atoms with Gasteiger partial charge in [0.05, 0.1) is 22.8 Å². The van der Waals surface area contributed by atoms with Crippen molar-refractivity contribution in [3.63, 3.8) is 0 Å². The molecule has 9 heteroatoms. The van der Waals surface area contributed by atoms with E-state index in [-0.39, 0.29) is 21.5 Å². The first-order valence-corrected chi connectivity index (χ1v) is 10.7. The Hall–Kier alpha value is -3.16. The van der Waals surface area contributed by atoms with Crippen molar-refractivity contribution in [1.29, 1.82) is 0 Å². The molecular formula is C23H20Cl2N4O3. The molecule has 0 saturated carbocycles. The zero-order valence-electron chi connectivity index (χ0n) is 17.6. The van der Waals surface area contributed by atoms with Crippen LogP contribution in [0.3, 0.4) is 0 Å². The smallest absolute Gasteiger partial charge is 0.262 e. The van der Waals surface area contributed by atoms with Crippen LogP contribution >= 0.6 is 23.2 Å². The van der Waals surface area contributed by atoms with E-state index in [1.807, 2.05) is 38.1 Å². The highest BCUT2D eigenvalue weighted by Gasteiger charge is 2.23. The van der Waals surface area contributed by atoms with Crippen molar-refractivity contribution in [3.8, 4) is 11.4 Å². The van der Waals surface area contributed by atoms with E-state index in [0.717, 1.165) is 5.56 Å². The minimum absolute atomic E-state index is 0.0438. The molecule has 0 bridgehead atoms. The average molecular weight is 471 g/mol. The fourth-order valence-corrected chi connectivity index (χ4v) is 4.24. The summed E-state index contributed by atoms with van der Waals surface area (Å²) in [5.74, 6) is 1.13. The molecule has 0 atom stereocenters. The third kappa shape index (κ3) is 4.01. The SMILES string of the molecule is COc1cccc(Cc2nc3c(c(C(C)C)nn3-c3c(Cl)cc(C=O)cc3Cl)c(=O)[nH]2)c1. The van der Waals surface area contributed by atoms with Crippen molar-refractivity contribution in [2.45, 2.75) is 26.2 Å². The molecule has 4 aromatic rings. The molecule has 0 spiro atoms. The molecule has 2 aromatic carbocycles. The highest BCUT2D eigenvalue weighted by atomic mass is 35.5. The van der Waals surface area contributed by atoms with Crippen LogP contribution in [0.1, 0.15) is 47.2 Å². The summed E-state index contributed by atoms with van der Waals surface area (Å²) >= 11 is 12.9. The maximum Gasteiger partial charge on any atom is 0.262 e. The Morgan fingerprint density at radius 3 is 2.53 bits per heavy atom. The number of ether oxygens (including phenoxy) is 1. The van der Waals surface area contributed by atoms with E-state index in [4.69, 9.17) is 32.9 Å². The molecule has 164 valence electrons. The Balaban J connectivity index is 1.94. The number of benzene rings is 2. The van der Waals surface area contributed by atoms with Crippen molar-refractivity contribution >= 4 is 40.5 Å². The van der Waals surface area contributed by atoms with Gasteiger partial charge in [-0.3, -0.25) is 9.59 Å². The molecule has 0 aliphatic rings. The number of halogens is 2. The Morgan fingerprint density at radius 2 is 1.91 bits per heavy atom. The van der Waals surface area contributed by atoms with E-state index < -0.39 is 0 Å². The summed E-state index contributed by atoms with van der Waals surface area (Å²) in [5.41, 5.74) is 2.26. The Bertz CT molecular complexity index is 1370.